The van der Waals surface area contributed by atoms with Gasteiger partial charge >= 0.3 is 0 Å². The van der Waals surface area contributed by atoms with Crippen molar-refractivity contribution in [3.05, 3.63) is 118 Å². The van der Waals surface area contributed by atoms with Gasteiger partial charge in [0.1, 0.15) is 0 Å². The zero-order valence-corrected chi connectivity index (χ0v) is 16.8. The minimum absolute atomic E-state index is 0.0507. The number of amides is 1. The number of non-ortho nitro benzene ring substituents is 1. The average Bonchev–Trinajstić information content (AvgIpc) is 2.81. The van der Waals surface area contributed by atoms with Crippen LogP contribution in [0.1, 0.15) is 29.0 Å². The number of fused-ring (bicyclic) bond motifs is 3. The van der Waals surface area contributed by atoms with E-state index in [-0.39, 0.29) is 17.5 Å². The van der Waals surface area contributed by atoms with Gasteiger partial charge in [-0.05, 0) is 33.5 Å². The van der Waals surface area contributed by atoms with Crippen molar-refractivity contribution < 1.29 is 9.72 Å². The molecule has 0 N–H and O–H groups in total. The van der Waals surface area contributed by atoms with Crippen LogP contribution in [0.3, 0.4) is 0 Å². The fraction of sp³-hybridized carbons (Fsp3) is 0.115. The number of nitro groups is 1. The highest BCUT2D eigenvalue weighted by Gasteiger charge is 2.33. The first-order valence-corrected chi connectivity index (χ1v) is 10.2. The molecule has 1 atom stereocenters. The number of carbonyl (C=O) groups excluding carboxylic acids is 1. The average molecular weight is 408 g/mol. The summed E-state index contributed by atoms with van der Waals surface area (Å²) >= 11 is 0. The van der Waals surface area contributed by atoms with Crippen molar-refractivity contribution in [1.29, 1.82) is 0 Å². The maximum Gasteiger partial charge on any atom is 0.269 e. The van der Waals surface area contributed by atoms with E-state index in [1.165, 1.54) is 12.1 Å². The molecule has 5 nitrogen and oxygen atoms in total. The maximum absolute atomic E-state index is 13.3. The number of carbonyl (C=O) groups is 1. The lowest BCUT2D eigenvalue weighted by atomic mass is 9.81. The number of hydrogen-bond acceptors (Lipinski definition) is 3. The summed E-state index contributed by atoms with van der Waals surface area (Å²) in [6.45, 7) is 0.512. The van der Waals surface area contributed by atoms with Crippen molar-refractivity contribution in [3.8, 4) is 0 Å². The van der Waals surface area contributed by atoms with Crippen molar-refractivity contribution in [2.24, 2.45) is 0 Å². The Kier molecular flexibility index (Phi) is 4.71. The molecule has 4 aromatic rings. The van der Waals surface area contributed by atoms with Crippen molar-refractivity contribution in [2.75, 3.05) is 4.90 Å². The van der Waals surface area contributed by atoms with Crippen molar-refractivity contribution in [2.45, 2.75) is 18.9 Å². The van der Waals surface area contributed by atoms with Crippen LogP contribution >= 0.6 is 0 Å². The molecular formula is C26H20N2O3. The lowest BCUT2D eigenvalue weighted by molar-refractivity contribution is -0.384. The summed E-state index contributed by atoms with van der Waals surface area (Å²) in [6.07, 6.45) is 0.325. The van der Waals surface area contributed by atoms with Gasteiger partial charge in [0, 0.05) is 30.2 Å². The van der Waals surface area contributed by atoms with E-state index < -0.39 is 4.92 Å². The van der Waals surface area contributed by atoms with E-state index in [2.05, 4.69) is 18.2 Å². The van der Waals surface area contributed by atoms with Crippen LogP contribution in [0.5, 0.6) is 0 Å². The van der Waals surface area contributed by atoms with Gasteiger partial charge in [-0.1, -0.05) is 72.8 Å². The van der Waals surface area contributed by atoms with Gasteiger partial charge in [-0.2, -0.15) is 0 Å². The lowest BCUT2D eigenvalue weighted by Gasteiger charge is -2.35. The molecule has 0 fully saturated rings. The van der Waals surface area contributed by atoms with Crippen LogP contribution in [0.2, 0.25) is 0 Å². The highest BCUT2D eigenvalue weighted by atomic mass is 16.6. The molecule has 1 unspecified atom stereocenters. The third-order valence-electron chi connectivity index (χ3n) is 5.96. The van der Waals surface area contributed by atoms with Crippen LogP contribution in [-0.4, -0.2) is 10.8 Å². The molecule has 0 saturated carbocycles. The van der Waals surface area contributed by atoms with E-state index in [0.29, 0.717) is 13.0 Å². The zero-order chi connectivity index (χ0) is 21.4. The number of anilines is 1. The summed E-state index contributed by atoms with van der Waals surface area (Å²) in [7, 11) is 0. The zero-order valence-electron chi connectivity index (χ0n) is 16.8. The summed E-state index contributed by atoms with van der Waals surface area (Å²) in [5, 5.41) is 13.3. The number of benzene rings is 4. The molecule has 0 radical (unpaired) electrons. The van der Waals surface area contributed by atoms with Gasteiger partial charge in [0.05, 0.1) is 11.5 Å². The molecule has 1 amide bonds. The molecule has 0 spiro atoms. The molecule has 0 saturated heterocycles. The van der Waals surface area contributed by atoms with Gasteiger partial charge in [0.15, 0.2) is 0 Å². The van der Waals surface area contributed by atoms with Crippen LogP contribution in [-0.2, 0) is 11.3 Å². The van der Waals surface area contributed by atoms with E-state index in [4.69, 9.17) is 0 Å². The van der Waals surface area contributed by atoms with Crippen molar-refractivity contribution in [1.82, 2.24) is 0 Å². The molecule has 0 bridgehead atoms. The molecule has 31 heavy (non-hydrogen) atoms. The summed E-state index contributed by atoms with van der Waals surface area (Å²) in [5.74, 6) is -0.101. The topological polar surface area (TPSA) is 63.4 Å². The Morgan fingerprint density at radius 1 is 0.871 bits per heavy atom. The molecule has 152 valence electrons. The quantitative estimate of drug-likeness (QED) is 0.316. The molecule has 1 aliphatic heterocycles. The normalized spacial score (nSPS) is 15.7. The predicted octanol–water partition coefficient (Wildman–Crippen LogP) is 5.82. The minimum Gasteiger partial charge on any atom is -0.308 e. The monoisotopic (exact) mass is 408 g/mol. The summed E-state index contributed by atoms with van der Waals surface area (Å²) in [6, 6.07) is 28.8. The van der Waals surface area contributed by atoms with Crippen LogP contribution in [0.15, 0.2) is 91.0 Å². The Balaban J connectivity index is 1.66. The number of nitro benzene ring substituents is 1. The second kappa shape index (κ2) is 7.69. The van der Waals surface area contributed by atoms with Crippen LogP contribution in [0.25, 0.3) is 10.8 Å². The van der Waals surface area contributed by atoms with Gasteiger partial charge in [-0.25, -0.2) is 0 Å². The van der Waals surface area contributed by atoms with Crippen molar-refractivity contribution in [3.63, 3.8) is 0 Å². The molecule has 0 aliphatic carbocycles. The molecule has 0 aromatic heterocycles. The number of rotatable bonds is 4. The first-order valence-electron chi connectivity index (χ1n) is 10.2. The van der Waals surface area contributed by atoms with Crippen molar-refractivity contribution >= 4 is 28.1 Å². The molecule has 5 rings (SSSR count). The smallest absolute Gasteiger partial charge is 0.269 e. The number of hydrogen-bond donors (Lipinski definition) is 0. The van der Waals surface area contributed by atoms with Crippen LogP contribution < -0.4 is 4.90 Å². The second-order valence-electron chi connectivity index (χ2n) is 7.79. The third-order valence-corrected chi connectivity index (χ3v) is 5.96. The van der Waals surface area contributed by atoms with E-state index in [1.807, 2.05) is 53.4 Å². The maximum atomic E-state index is 13.3. The molecule has 1 aliphatic rings. The first kappa shape index (κ1) is 19.0. The van der Waals surface area contributed by atoms with E-state index in [1.54, 1.807) is 12.1 Å². The van der Waals surface area contributed by atoms with Gasteiger partial charge < -0.3 is 4.90 Å². The summed E-state index contributed by atoms with van der Waals surface area (Å²) < 4.78 is 0. The fourth-order valence-electron chi connectivity index (χ4n) is 4.46. The van der Waals surface area contributed by atoms with E-state index in [0.717, 1.165) is 33.2 Å². The van der Waals surface area contributed by atoms with Gasteiger partial charge in [0.2, 0.25) is 5.91 Å². The molecule has 5 heteroatoms. The Morgan fingerprint density at radius 3 is 2.32 bits per heavy atom. The number of nitrogens with zero attached hydrogens (tertiary/aromatic N) is 2. The second-order valence-corrected chi connectivity index (χ2v) is 7.79. The SMILES string of the molecule is O=C1CC(c2ccc([N+](=O)[O-])cc2)c2c(ccc3ccccc23)N1Cc1ccccc1. The Hall–Kier alpha value is -3.99. The highest BCUT2D eigenvalue weighted by Crippen LogP contribution is 2.44. The Morgan fingerprint density at radius 2 is 1.58 bits per heavy atom. The van der Waals surface area contributed by atoms with Gasteiger partial charge in [0.25, 0.3) is 5.69 Å². The van der Waals surface area contributed by atoms with Gasteiger partial charge in [-0.15, -0.1) is 0 Å². The summed E-state index contributed by atoms with van der Waals surface area (Å²) in [4.78, 5) is 25.8. The Bertz CT molecular complexity index is 1280. The third kappa shape index (κ3) is 3.44. The standard InChI is InChI=1S/C26H20N2O3/c29-25-16-23(20-10-13-21(14-11-20)28(30)31)26-22-9-5-4-8-19(22)12-15-24(26)27(25)17-18-6-2-1-3-7-18/h1-15,23H,16-17H2. The van der Waals surface area contributed by atoms with Crippen LogP contribution in [0.4, 0.5) is 11.4 Å². The summed E-state index contributed by atoms with van der Waals surface area (Å²) in [5.41, 5.74) is 4.04. The fourth-order valence-corrected chi connectivity index (χ4v) is 4.46. The highest BCUT2D eigenvalue weighted by molar-refractivity contribution is 6.03. The minimum atomic E-state index is -0.402. The molecular weight excluding hydrogens is 388 g/mol. The molecule has 4 aromatic carbocycles. The largest absolute Gasteiger partial charge is 0.308 e. The Labute approximate surface area is 179 Å². The van der Waals surface area contributed by atoms with Gasteiger partial charge in [-0.3, -0.25) is 14.9 Å². The van der Waals surface area contributed by atoms with E-state index >= 15 is 0 Å². The molecule has 1 heterocycles. The van der Waals surface area contributed by atoms with Crippen LogP contribution in [0, 0.1) is 10.1 Å². The first-order chi connectivity index (χ1) is 15.1. The van der Waals surface area contributed by atoms with E-state index in [9.17, 15) is 14.9 Å². The predicted molar refractivity (Wildman–Crippen MR) is 121 cm³/mol. The lowest BCUT2D eigenvalue weighted by Crippen LogP contribution is -2.36.